The van der Waals surface area contributed by atoms with Crippen molar-refractivity contribution in [3.8, 4) is 0 Å². The van der Waals surface area contributed by atoms with Gasteiger partial charge < -0.3 is 10.2 Å². The molecule has 0 saturated heterocycles. The van der Waals surface area contributed by atoms with Crippen LogP contribution in [0.5, 0.6) is 0 Å². The first-order valence-corrected chi connectivity index (χ1v) is 5.26. The summed E-state index contributed by atoms with van der Waals surface area (Å²) < 4.78 is 0. The number of hydrogen-bond donors (Lipinski definition) is 2. The van der Waals surface area contributed by atoms with Crippen LogP contribution in [0.3, 0.4) is 0 Å². The van der Waals surface area contributed by atoms with Crippen LogP contribution in [0.2, 0.25) is 0 Å². The lowest BCUT2D eigenvalue weighted by Gasteiger charge is -2.35. The zero-order valence-electron chi connectivity index (χ0n) is 9.43. The average Bonchev–Trinajstić information content (AvgIpc) is 1.96. The molecule has 2 N–H and O–H groups in total. The Labute approximate surface area is 82.0 Å². The third-order valence-electron chi connectivity index (χ3n) is 2.58. The second-order valence-electron chi connectivity index (χ2n) is 4.88. The normalized spacial score (nSPS) is 13.4. The van der Waals surface area contributed by atoms with Gasteiger partial charge in [0.15, 0.2) is 5.79 Å². The summed E-state index contributed by atoms with van der Waals surface area (Å²) in [5, 5.41) is 19.4. The summed E-state index contributed by atoms with van der Waals surface area (Å²) in [6.45, 7) is 7.71. The summed E-state index contributed by atoms with van der Waals surface area (Å²) in [6, 6.07) is 0. The summed E-state index contributed by atoms with van der Waals surface area (Å²) >= 11 is 0. The molecule has 0 aliphatic rings. The predicted molar refractivity (Wildman–Crippen MR) is 55.4 cm³/mol. The quantitative estimate of drug-likeness (QED) is 0.514. The third-order valence-corrected chi connectivity index (χ3v) is 2.58. The van der Waals surface area contributed by atoms with Crippen molar-refractivity contribution in [1.82, 2.24) is 0 Å². The van der Waals surface area contributed by atoms with E-state index in [9.17, 15) is 10.2 Å². The minimum atomic E-state index is -1.51. The first-order chi connectivity index (χ1) is 5.81. The maximum Gasteiger partial charge on any atom is 0.167 e. The number of unbranched alkanes of at least 4 members (excludes halogenated alkanes) is 3. The molecule has 0 heterocycles. The minimum absolute atomic E-state index is 0.445. The number of rotatable bonds is 5. The summed E-state index contributed by atoms with van der Waals surface area (Å²) in [6.07, 6.45) is 4.84. The van der Waals surface area contributed by atoms with Crippen molar-refractivity contribution in [2.75, 3.05) is 0 Å². The standard InChI is InChI=1S/C11H24O2/c1-5-6-7-8-9-11(12,13)10(2,3)4/h12-13H,5-9H2,1-4H3. The molecule has 0 unspecified atom stereocenters. The molecule has 0 aromatic heterocycles. The van der Waals surface area contributed by atoms with Crippen LogP contribution >= 0.6 is 0 Å². The molecule has 0 saturated carbocycles. The molecule has 0 amide bonds. The lowest BCUT2D eigenvalue weighted by atomic mass is 9.82. The van der Waals surface area contributed by atoms with Gasteiger partial charge in [-0.15, -0.1) is 0 Å². The molecule has 0 radical (unpaired) electrons. The van der Waals surface area contributed by atoms with Crippen molar-refractivity contribution < 1.29 is 10.2 Å². The van der Waals surface area contributed by atoms with E-state index in [1.807, 2.05) is 20.8 Å². The molecule has 0 aromatic carbocycles. The molecule has 2 nitrogen and oxygen atoms in total. The van der Waals surface area contributed by atoms with Gasteiger partial charge >= 0.3 is 0 Å². The van der Waals surface area contributed by atoms with Gasteiger partial charge in [0.05, 0.1) is 0 Å². The second-order valence-corrected chi connectivity index (χ2v) is 4.88. The highest BCUT2D eigenvalue weighted by Crippen LogP contribution is 2.32. The molecule has 0 rings (SSSR count). The van der Waals surface area contributed by atoms with Crippen LogP contribution in [0.1, 0.15) is 59.8 Å². The molecule has 0 aliphatic carbocycles. The molecule has 13 heavy (non-hydrogen) atoms. The van der Waals surface area contributed by atoms with Gasteiger partial charge in [-0.3, -0.25) is 0 Å². The molecule has 0 bridgehead atoms. The summed E-state index contributed by atoms with van der Waals surface area (Å²) in [5.74, 6) is -1.51. The van der Waals surface area contributed by atoms with Crippen LogP contribution < -0.4 is 0 Å². The highest BCUT2D eigenvalue weighted by molar-refractivity contribution is 4.79. The van der Waals surface area contributed by atoms with Crippen LogP contribution in [0.15, 0.2) is 0 Å². The Morgan fingerprint density at radius 2 is 1.46 bits per heavy atom. The van der Waals surface area contributed by atoms with Gasteiger partial charge in [0.1, 0.15) is 0 Å². The summed E-state index contributed by atoms with van der Waals surface area (Å²) in [5.41, 5.74) is -0.445. The van der Waals surface area contributed by atoms with E-state index in [-0.39, 0.29) is 0 Å². The topological polar surface area (TPSA) is 40.5 Å². The van der Waals surface area contributed by atoms with Crippen LogP contribution in [0.25, 0.3) is 0 Å². The van der Waals surface area contributed by atoms with Crippen LogP contribution in [-0.2, 0) is 0 Å². The maximum absolute atomic E-state index is 9.71. The molecule has 0 aromatic rings. The fraction of sp³-hybridized carbons (Fsp3) is 1.00. The van der Waals surface area contributed by atoms with E-state index in [1.54, 1.807) is 0 Å². The SMILES string of the molecule is CCCCCCC(O)(O)C(C)(C)C. The Morgan fingerprint density at radius 1 is 0.923 bits per heavy atom. The largest absolute Gasteiger partial charge is 0.365 e. The van der Waals surface area contributed by atoms with E-state index < -0.39 is 11.2 Å². The molecule has 2 heteroatoms. The highest BCUT2D eigenvalue weighted by atomic mass is 16.5. The van der Waals surface area contributed by atoms with E-state index in [2.05, 4.69) is 6.92 Å². The monoisotopic (exact) mass is 188 g/mol. The van der Waals surface area contributed by atoms with Gasteiger partial charge in [-0.1, -0.05) is 47.0 Å². The Balaban J connectivity index is 3.77. The molecule has 0 fully saturated rings. The molecular weight excluding hydrogens is 164 g/mol. The molecule has 80 valence electrons. The molecule has 0 atom stereocenters. The zero-order chi connectivity index (χ0) is 10.5. The van der Waals surface area contributed by atoms with Crippen molar-refractivity contribution in [3.63, 3.8) is 0 Å². The Kier molecular flexibility index (Phi) is 4.93. The Hall–Kier alpha value is -0.0800. The van der Waals surface area contributed by atoms with Gasteiger partial charge in [-0.25, -0.2) is 0 Å². The lowest BCUT2D eigenvalue weighted by Crippen LogP contribution is -2.42. The third kappa shape index (κ3) is 4.63. The van der Waals surface area contributed by atoms with E-state index in [4.69, 9.17) is 0 Å². The highest BCUT2D eigenvalue weighted by Gasteiger charge is 2.36. The van der Waals surface area contributed by atoms with Crippen molar-refractivity contribution in [3.05, 3.63) is 0 Å². The maximum atomic E-state index is 9.71. The molecular formula is C11H24O2. The summed E-state index contributed by atoms with van der Waals surface area (Å²) in [4.78, 5) is 0. The van der Waals surface area contributed by atoms with Crippen molar-refractivity contribution in [2.24, 2.45) is 5.41 Å². The first kappa shape index (κ1) is 12.9. The Bertz CT molecular complexity index is 134. The number of hydrogen-bond acceptors (Lipinski definition) is 2. The Morgan fingerprint density at radius 3 is 1.85 bits per heavy atom. The average molecular weight is 188 g/mol. The number of aliphatic hydroxyl groups is 2. The second kappa shape index (κ2) is 4.97. The smallest absolute Gasteiger partial charge is 0.167 e. The van der Waals surface area contributed by atoms with E-state index in [1.165, 1.54) is 12.8 Å². The van der Waals surface area contributed by atoms with Gasteiger partial charge in [0.2, 0.25) is 0 Å². The predicted octanol–water partition coefficient (Wildman–Crippen LogP) is 2.68. The van der Waals surface area contributed by atoms with E-state index in [0.717, 1.165) is 12.8 Å². The fourth-order valence-electron chi connectivity index (χ4n) is 1.17. The van der Waals surface area contributed by atoms with E-state index >= 15 is 0 Å². The van der Waals surface area contributed by atoms with Crippen LogP contribution in [0, 0.1) is 5.41 Å². The first-order valence-electron chi connectivity index (χ1n) is 5.26. The van der Waals surface area contributed by atoms with E-state index in [0.29, 0.717) is 6.42 Å². The fourth-order valence-corrected chi connectivity index (χ4v) is 1.17. The van der Waals surface area contributed by atoms with Crippen molar-refractivity contribution in [2.45, 2.75) is 65.6 Å². The van der Waals surface area contributed by atoms with Gasteiger partial charge in [0.25, 0.3) is 0 Å². The zero-order valence-corrected chi connectivity index (χ0v) is 9.43. The minimum Gasteiger partial charge on any atom is -0.365 e. The van der Waals surface area contributed by atoms with Crippen molar-refractivity contribution in [1.29, 1.82) is 0 Å². The van der Waals surface area contributed by atoms with Crippen LogP contribution in [-0.4, -0.2) is 16.0 Å². The van der Waals surface area contributed by atoms with Crippen LogP contribution in [0.4, 0.5) is 0 Å². The lowest BCUT2D eigenvalue weighted by molar-refractivity contribution is -0.232. The molecule has 0 aliphatic heterocycles. The van der Waals surface area contributed by atoms with Gasteiger partial charge in [0, 0.05) is 11.8 Å². The molecule has 0 spiro atoms. The summed E-state index contributed by atoms with van der Waals surface area (Å²) in [7, 11) is 0. The van der Waals surface area contributed by atoms with Crippen molar-refractivity contribution >= 4 is 0 Å². The van der Waals surface area contributed by atoms with Gasteiger partial charge in [-0.2, -0.15) is 0 Å². The van der Waals surface area contributed by atoms with Gasteiger partial charge in [-0.05, 0) is 6.42 Å².